The fourth-order valence-corrected chi connectivity index (χ4v) is 1.56. The Morgan fingerprint density at radius 1 is 1.70 bits per heavy atom. The van der Waals surface area contributed by atoms with Crippen LogP contribution in [0.5, 0.6) is 0 Å². The van der Waals surface area contributed by atoms with Gasteiger partial charge in [0, 0.05) is 25.7 Å². The molecule has 0 spiro atoms. The first-order valence-electron chi connectivity index (χ1n) is 3.56. The second kappa shape index (κ2) is 1.93. The highest BCUT2D eigenvalue weighted by Gasteiger charge is 2.45. The van der Waals surface area contributed by atoms with Crippen LogP contribution in [-0.4, -0.2) is 42.5 Å². The first-order valence-corrected chi connectivity index (χ1v) is 3.56. The van der Waals surface area contributed by atoms with Crippen LogP contribution in [0.15, 0.2) is 0 Å². The molecule has 2 saturated heterocycles. The van der Waals surface area contributed by atoms with Crippen LogP contribution in [0.4, 0.5) is 0 Å². The molecule has 0 bridgehead atoms. The topological polar surface area (TPSA) is 58.1 Å². The lowest BCUT2D eigenvalue weighted by atomic mass is 10.2. The van der Waals surface area contributed by atoms with Gasteiger partial charge in [0.15, 0.2) is 0 Å². The number of nitrogens with two attached hydrogens (primary N) is 1. The molecule has 0 aliphatic carbocycles. The van der Waals surface area contributed by atoms with Gasteiger partial charge in [-0.05, 0) is 0 Å². The molecule has 0 saturated carbocycles. The van der Waals surface area contributed by atoms with Gasteiger partial charge < -0.3 is 11.1 Å². The number of hydrogen-bond donors (Lipinski definition) is 2. The number of primary amides is 1. The predicted molar refractivity (Wildman–Crippen MR) is 36.3 cm³/mol. The maximum absolute atomic E-state index is 10.7. The Kier molecular flexibility index (Phi) is 1.18. The van der Waals surface area contributed by atoms with E-state index >= 15 is 0 Å². The highest BCUT2D eigenvalue weighted by Crippen LogP contribution is 2.22. The van der Waals surface area contributed by atoms with E-state index in [1.807, 2.05) is 0 Å². The summed E-state index contributed by atoms with van der Waals surface area (Å²) in [4.78, 5) is 13.0. The van der Waals surface area contributed by atoms with Crippen molar-refractivity contribution in [3.63, 3.8) is 0 Å². The van der Waals surface area contributed by atoms with Gasteiger partial charge in [-0.15, -0.1) is 0 Å². The van der Waals surface area contributed by atoms with Gasteiger partial charge in [0.25, 0.3) is 0 Å². The number of piperazine rings is 1. The molecule has 2 rings (SSSR count). The Morgan fingerprint density at radius 3 is 3.10 bits per heavy atom. The molecule has 0 aromatic carbocycles. The third-order valence-corrected chi connectivity index (χ3v) is 2.21. The Bertz CT molecular complexity index is 170. The number of nitrogens with zero attached hydrogens (tertiary/aromatic N) is 1. The van der Waals surface area contributed by atoms with Crippen molar-refractivity contribution >= 4 is 5.91 Å². The number of fused-ring (bicyclic) bond motifs is 1. The summed E-state index contributed by atoms with van der Waals surface area (Å²) in [7, 11) is 0. The third-order valence-electron chi connectivity index (χ3n) is 2.21. The van der Waals surface area contributed by atoms with E-state index in [0.717, 1.165) is 19.6 Å². The molecule has 2 heterocycles. The predicted octanol–water partition coefficient (Wildman–Crippen LogP) is -1.87. The average Bonchev–Trinajstić information content (AvgIpc) is 2.63. The van der Waals surface area contributed by atoms with Gasteiger partial charge >= 0.3 is 0 Å². The number of nitrogens with one attached hydrogen (secondary N) is 1. The number of hydrogen-bond acceptors (Lipinski definition) is 3. The standard InChI is InChI=1S/C6H11N3O/c7-6(10)5-4-3-9(4)2-1-8-5/h4-5,8H,1-3H2,(H2,7,10). The fraction of sp³-hybridized carbons (Fsp3) is 0.833. The van der Waals surface area contributed by atoms with Crippen molar-refractivity contribution in [2.24, 2.45) is 5.73 Å². The lowest BCUT2D eigenvalue weighted by Gasteiger charge is -2.20. The molecule has 4 heteroatoms. The van der Waals surface area contributed by atoms with Gasteiger partial charge in [0.05, 0.1) is 0 Å². The summed E-state index contributed by atoms with van der Waals surface area (Å²) in [6, 6.07) is 0.319. The van der Waals surface area contributed by atoms with Crippen LogP contribution in [0.25, 0.3) is 0 Å². The molecule has 3 atom stereocenters. The van der Waals surface area contributed by atoms with E-state index in [4.69, 9.17) is 5.73 Å². The van der Waals surface area contributed by atoms with Crippen LogP contribution in [0.2, 0.25) is 0 Å². The molecule has 56 valence electrons. The van der Waals surface area contributed by atoms with E-state index < -0.39 is 0 Å². The van der Waals surface area contributed by atoms with Gasteiger partial charge in [-0.1, -0.05) is 0 Å². The lowest BCUT2D eigenvalue weighted by Crippen LogP contribution is -2.51. The zero-order valence-electron chi connectivity index (χ0n) is 5.71. The molecule has 0 aromatic heterocycles. The first-order chi connectivity index (χ1) is 4.79. The monoisotopic (exact) mass is 141 g/mol. The lowest BCUT2D eigenvalue weighted by molar-refractivity contribution is -0.120. The van der Waals surface area contributed by atoms with Gasteiger partial charge in [-0.3, -0.25) is 9.69 Å². The molecule has 1 amide bonds. The van der Waals surface area contributed by atoms with Crippen LogP contribution in [0, 0.1) is 0 Å². The molecule has 2 aliphatic rings. The van der Waals surface area contributed by atoms with E-state index in [-0.39, 0.29) is 11.9 Å². The largest absolute Gasteiger partial charge is 0.368 e. The quantitative estimate of drug-likeness (QED) is 0.420. The zero-order chi connectivity index (χ0) is 7.14. The van der Waals surface area contributed by atoms with E-state index in [1.165, 1.54) is 0 Å². The van der Waals surface area contributed by atoms with Crippen LogP contribution >= 0.6 is 0 Å². The third kappa shape index (κ3) is 0.803. The van der Waals surface area contributed by atoms with Crippen LogP contribution in [-0.2, 0) is 4.79 Å². The number of carbonyl (C=O) groups is 1. The summed E-state index contributed by atoms with van der Waals surface area (Å²) in [5.41, 5.74) is 5.16. The minimum Gasteiger partial charge on any atom is -0.368 e. The normalized spacial score (nSPS) is 44.2. The number of rotatable bonds is 1. The zero-order valence-corrected chi connectivity index (χ0v) is 5.71. The minimum atomic E-state index is -0.216. The van der Waals surface area contributed by atoms with Gasteiger partial charge in [0.1, 0.15) is 6.04 Å². The summed E-state index contributed by atoms with van der Waals surface area (Å²) in [5, 5.41) is 3.09. The van der Waals surface area contributed by atoms with Gasteiger partial charge in [-0.2, -0.15) is 0 Å². The maximum Gasteiger partial charge on any atom is 0.236 e. The summed E-state index contributed by atoms with van der Waals surface area (Å²) < 4.78 is 0. The molecular formula is C6H11N3O. The number of amides is 1. The van der Waals surface area contributed by atoms with Crippen molar-refractivity contribution < 1.29 is 4.79 Å². The second-order valence-electron chi connectivity index (χ2n) is 2.90. The van der Waals surface area contributed by atoms with Crippen molar-refractivity contribution in [1.29, 1.82) is 0 Å². The van der Waals surface area contributed by atoms with Crippen molar-refractivity contribution in [1.82, 2.24) is 10.2 Å². The number of carbonyl (C=O) groups excluding carboxylic acids is 1. The van der Waals surface area contributed by atoms with Crippen LogP contribution in [0.3, 0.4) is 0 Å². The van der Waals surface area contributed by atoms with Crippen LogP contribution in [0.1, 0.15) is 0 Å². The maximum atomic E-state index is 10.7. The molecule has 3 unspecified atom stereocenters. The smallest absolute Gasteiger partial charge is 0.236 e. The van der Waals surface area contributed by atoms with E-state index in [9.17, 15) is 4.79 Å². The Balaban J connectivity index is 2.02. The van der Waals surface area contributed by atoms with E-state index in [1.54, 1.807) is 0 Å². The molecule has 2 fully saturated rings. The highest BCUT2D eigenvalue weighted by molar-refractivity contribution is 5.81. The first kappa shape index (κ1) is 6.12. The Morgan fingerprint density at radius 2 is 2.50 bits per heavy atom. The minimum absolute atomic E-state index is 0.0891. The van der Waals surface area contributed by atoms with Crippen molar-refractivity contribution in [3.8, 4) is 0 Å². The molecule has 0 radical (unpaired) electrons. The van der Waals surface area contributed by atoms with E-state index in [0.29, 0.717) is 6.04 Å². The van der Waals surface area contributed by atoms with Crippen molar-refractivity contribution in [3.05, 3.63) is 0 Å². The van der Waals surface area contributed by atoms with Gasteiger partial charge in [-0.25, -0.2) is 0 Å². The summed E-state index contributed by atoms with van der Waals surface area (Å²) in [6.07, 6.45) is 0. The molecule has 3 N–H and O–H groups in total. The molecule has 2 aliphatic heterocycles. The Hall–Kier alpha value is -0.610. The van der Waals surface area contributed by atoms with Crippen molar-refractivity contribution in [2.75, 3.05) is 19.6 Å². The molecular weight excluding hydrogens is 130 g/mol. The highest BCUT2D eigenvalue weighted by atomic mass is 16.1. The average molecular weight is 141 g/mol. The molecule has 4 nitrogen and oxygen atoms in total. The van der Waals surface area contributed by atoms with Crippen molar-refractivity contribution in [2.45, 2.75) is 12.1 Å². The second-order valence-corrected chi connectivity index (χ2v) is 2.90. The molecule has 0 aromatic rings. The summed E-state index contributed by atoms with van der Waals surface area (Å²) >= 11 is 0. The van der Waals surface area contributed by atoms with Gasteiger partial charge in [0.2, 0.25) is 5.91 Å². The SMILES string of the molecule is NC(=O)C1NCCN2CC12. The summed E-state index contributed by atoms with van der Waals surface area (Å²) in [5.74, 6) is -0.216. The molecule has 10 heavy (non-hydrogen) atoms. The fourth-order valence-electron chi connectivity index (χ4n) is 1.56. The van der Waals surface area contributed by atoms with E-state index in [2.05, 4.69) is 10.2 Å². The Labute approximate surface area is 59.4 Å². The summed E-state index contributed by atoms with van der Waals surface area (Å²) in [6.45, 7) is 3.00. The van der Waals surface area contributed by atoms with Crippen LogP contribution < -0.4 is 11.1 Å².